The molecule has 1 atom stereocenters. The Kier molecular flexibility index (Phi) is 4.53. The number of amides is 1. The number of nitrogens with two attached hydrogens (primary N) is 1. The van der Waals surface area contributed by atoms with E-state index in [2.05, 4.69) is 5.32 Å². The number of benzene rings is 2. The lowest BCUT2D eigenvalue weighted by Crippen LogP contribution is -2.33. The van der Waals surface area contributed by atoms with Crippen LogP contribution in [0.15, 0.2) is 48.5 Å². The Labute approximate surface area is 119 Å². The zero-order valence-electron chi connectivity index (χ0n) is 11.9. The van der Waals surface area contributed by atoms with Gasteiger partial charge in [0.2, 0.25) is 5.91 Å². The van der Waals surface area contributed by atoms with Crippen molar-refractivity contribution in [2.75, 3.05) is 0 Å². The van der Waals surface area contributed by atoms with Gasteiger partial charge in [-0.25, -0.2) is 0 Å². The van der Waals surface area contributed by atoms with E-state index in [9.17, 15) is 4.79 Å². The van der Waals surface area contributed by atoms with Crippen LogP contribution in [0.5, 0.6) is 0 Å². The minimum absolute atomic E-state index is 0.352. The van der Waals surface area contributed by atoms with E-state index in [1.165, 1.54) is 0 Å². The number of carbonyl (C=O) groups is 1. The van der Waals surface area contributed by atoms with Crippen LogP contribution in [0.4, 0.5) is 0 Å². The van der Waals surface area contributed by atoms with Crippen LogP contribution in [0.3, 0.4) is 0 Å². The average molecular weight is 268 g/mol. The third-order valence-corrected chi connectivity index (χ3v) is 3.60. The molecule has 0 bridgehead atoms. The van der Waals surface area contributed by atoms with Crippen molar-refractivity contribution >= 4 is 5.91 Å². The van der Waals surface area contributed by atoms with Crippen LogP contribution in [0.25, 0.3) is 0 Å². The number of hydrogen-bond donors (Lipinski definition) is 2. The van der Waals surface area contributed by atoms with Gasteiger partial charge in [0.05, 0.1) is 0 Å². The molecule has 1 unspecified atom stereocenters. The van der Waals surface area contributed by atoms with Gasteiger partial charge < -0.3 is 5.73 Å². The van der Waals surface area contributed by atoms with E-state index in [0.717, 1.165) is 22.3 Å². The van der Waals surface area contributed by atoms with Gasteiger partial charge in [-0.3, -0.25) is 10.1 Å². The molecule has 20 heavy (non-hydrogen) atoms. The summed E-state index contributed by atoms with van der Waals surface area (Å²) in [6, 6.07) is 15.5. The van der Waals surface area contributed by atoms with Gasteiger partial charge in [0, 0.05) is 6.54 Å². The van der Waals surface area contributed by atoms with E-state index < -0.39 is 6.04 Å². The van der Waals surface area contributed by atoms with Gasteiger partial charge in [-0.15, -0.1) is 0 Å². The molecule has 104 valence electrons. The second-order valence-electron chi connectivity index (χ2n) is 4.99. The predicted octanol–water partition coefficient (Wildman–Crippen LogP) is 2.62. The monoisotopic (exact) mass is 268 g/mol. The molecule has 0 spiro atoms. The summed E-state index contributed by atoms with van der Waals surface area (Å²) in [6.07, 6.45) is 0. The van der Waals surface area contributed by atoms with Crippen molar-refractivity contribution < 1.29 is 4.79 Å². The molecular formula is C17H20N2O. The smallest absolute Gasteiger partial charge is 0.239 e. The fourth-order valence-corrected chi connectivity index (χ4v) is 2.27. The highest BCUT2D eigenvalue weighted by molar-refractivity contribution is 5.82. The van der Waals surface area contributed by atoms with E-state index in [-0.39, 0.29) is 5.91 Å². The van der Waals surface area contributed by atoms with Gasteiger partial charge >= 0.3 is 0 Å². The largest absolute Gasteiger partial charge is 0.368 e. The molecule has 3 N–H and O–H groups in total. The van der Waals surface area contributed by atoms with Gasteiger partial charge in [-0.1, -0.05) is 48.5 Å². The average Bonchev–Trinajstić information content (AvgIpc) is 2.44. The maximum atomic E-state index is 11.7. The molecule has 0 fully saturated rings. The van der Waals surface area contributed by atoms with E-state index >= 15 is 0 Å². The quantitative estimate of drug-likeness (QED) is 0.875. The first kappa shape index (κ1) is 14.3. The zero-order valence-corrected chi connectivity index (χ0v) is 11.9. The van der Waals surface area contributed by atoms with Gasteiger partial charge in [-0.05, 0) is 36.1 Å². The van der Waals surface area contributed by atoms with Crippen molar-refractivity contribution in [1.82, 2.24) is 5.32 Å². The molecule has 0 aliphatic rings. The molecule has 2 aromatic rings. The third kappa shape index (κ3) is 3.25. The SMILES string of the molecule is Cc1cccc(C(NCc2ccccc2)C(N)=O)c1C. The summed E-state index contributed by atoms with van der Waals surface area (Å²) in [5.41, 5.74) is 9.90. The number of hydrogen-bond acceptors (Lipinski definition) is 2. The number of aryl methyl sites for hydroxylation is 1. The van der Waals surface area contributed by atoms with E-state index in [4.69, 9.17) is 5.73 Å². The summed E-state index contributed by atoms with van der Waals surface area (Å²) in [5, 5.41) is 3.25. The summed E-state index contributed by atoms with van der Waals surface area (Å²) in [4.78, 5) is 11.7. The number of primary amides is 1. The molecule has 0 radical (unpaired) electrons. The second-order valence-corrected chi connectivity index (χ2v) is 4.99. The standard InChI is InChI=1S/C17H20N2O/c1-12-7-6-10-15(13(12)2)16(17(18)20)19-11-14-8-4-3-5-9-14/h3-10,16,19H,11H2,1-2H3,(H2,18,20). The maximum absolute atomic E-state index is 11.7. The summed E-state index contributed by atoms with van der Waals surface area (Å²) in [5.74, 6) is -0.352. The van der Waals surface area contributed by atoms with Gasteiger partial charge in [0.25, 0.3) is 0 Å². The minimum atomic E-state index is -0.463. The van der Waals surface area contributed by atoms with E-state index in [1.807, 2.05) is 62.4 Å². The maximum Gasteiger partial charge on any atom is 0.239 e. The van der Waals surface area contributed by atoms with E-state index in [1.54, 1.807) is 0 Å². The lowest BCUT2D eigenvalue weighted by molar-refractivity contribution is -0.120. The van der Waals surface area contributed by atoms with E-state index in [0.29, 0.717) is 6.54 Å². The third-order valence-electron chi connectivity index (χ3n) is 3.60. The second kappa shape index (κ2) is 6.35. The fraction of sp³-hybridized carbons (Fsp3) is 0.235. The molecule has 1 amide bonds. The van der Waals surface area contributed by atoms with Crippen LogP contribution in [-0.4, -0.2) is 5.91 Å². The van der Waals surface area contributed by atoms with Crippen LogP contribution < -0.4 is 11.1 Å². The van der Waals surface area contributed by atoms with Crippen molar-refractivity contribution in [2.24, 2.45) is 5.73 Å². The molecule has 3 nitrogen and oxygen atoms in total. The molecule has 0 saturated carbocycles. The minimum Gasteiger partial charge on any atom is -0.368 e. The van der Waals surface area contributed by atoms with Crippen molar-refractivity contribution in [2.45, 2.75) is 26.4 Å². The Morgan fingerprint density at radius 1 is 1.10 bits per heavy atom. The lowest BCUT2D eigenvalue weighted by atomic mass is 9.97. The summed E-state index contributed by atoms with van der Waals surface area (Å²) < 4.78 is 0. The van der Waals surface area contributed by atoms with Crippen LogP contribution in [0.2, 0.25) is 0 Å². The fourth-order valence-electron chi connectivity index (χ4n) is 2.27. The Bertz CT molecular complexity index is 593. The van der Waals surface area contributed by atoms with Gasteiger partial charge in [-0.2, -0.15) is 0 Å². The van der Waals surface area contributed by atoms with Crippen LogP contribution >= 0.6 is 0 Å². The Morgan fingerprint density at radius 2 is 1.80 bits per heavy atom. The Hall–Kier alpha value is -2.13. The van der Waals surface area contributed by atoms with Crippen molar-refractivity contribution in [3.8, 4) is 0 Å². The van der Waals surface area contributed by atoms with Crippen LogP contribution in [-0.2, 0) is 11.3 Å². The highest BCUT2D eigenvalue weighted by atomic mass is 16.1. The summed E-state index contributed by atoms with van der Waals surface area (Å²) in [7, 11) is 0. The highest BCUT2D eigenvalue weighted by Crippen LogP contribution is 2.20. The Morgan fingerprint density at radius 3 is 2.45 bits per heavy atom. The molecule has 0 aromatic heterocycles. The van der Waals surface area contributed by atoms with Crippen molar-refractivity contribution in [3.05, 3.63) is 70.8 Å². The molecule has 0 aliphatic heterocycles. The van der Waals surface area contributed by atoms with Gasteiger partial charge in [0.15, 0.2) is 0 Å². The number of carbonyl (C=O) groups excluding carboxylic acids is 1. The number of rotatable bonds is 5. The predicted molar refractivity (Wildman–Crippen MR) is 81.1 cm³/mol. The summed E-state index contributed by atoms with van der Waals surface area (Å²) >= 11 is 0. The van der Waals surface area contributed by atoms with Crippen LogP contribution in [0.1, 0.15) is 28.3 Å². The summed E-state index contributed by atoms with van der Waals surface area (Å²) in [6.45, 7) is 4.67. The lowest BCUT2D eigenvalue weighted by Gasteiger charge is -2.19. The molecule has 0 aliphatic carbocycles. The first-order chi connectivity index (χ1) is 9.59. The first-order valence-electron chi connectivity index (χ1n) is 6.72. The Balaban J connectivity index is 2.20. The zero-order chi connectivity index (χ0) is 14.5. The molecule has 2 aromatic carbocycles. The molecule has 2 rings (SSSR count). The molecular weight excluding hydrogens is 248 g/mol. The topological polar surface area (TPSA) is 55.1 Å². The highest BCUT2D eigenvalue weighted by Gasteiger charge is 2.19. The van der Waals surface area contributed by atoms with Crippen molar-refractivity contribution in [1.29, 1.82) is 0 Å². The molecule has 0 saturated heterocycles. The molecule has 0 heterocycles. The number of nitrogens with one attached hydrogen (secondary N) is 1. The first-order valence-corrected chi connectivity index (χ1v) is 6.72. The normalized spacial score (nSPS) is 12.1. The van der Waals surface area contributed by atoms with Crippen molar-refractivity contribution in [3.63, 3.8) is 0 Å². The molecule has 3 heteroatoms. The van der Waals surface area contributed by atoms with Crippen LogP contribution in [0, 0.1) is 13.8 Å². The van der Waals surface area contributed by atoms with Gasteiger partial charge in [0.1, 0.15) is 6.04 Å².